The summed E-state index contributed by atoms with van der Waals surface area (Å²) in [7, 11) is 0.245. The third kappa shape index (κ3) is 4.70. The summed E-state index contributed by atoms with van der Waals surface area (Å²) >= 11 is 0. The molecule has 0 saturated heterocycles. The maximum atomic E-state index is 12.7. The predicted octanol–water partition coefficient (Wildman–Crippen LogP) is 0.931. The van der Waals surface area contributed by atoms with Crippen LogP contribution in [-0.4, -0.2) is 57.0 Å². The van der Waals surface area contributed by atoms with E-state index in [-0.39, 0.29) is 4.90 Å². The second-order valence-electron chi connectivity index (χ2n) is 6.18. The summed E-state index contributed by atoms with van der Waals surface area (Å²) in [4.78, 5) is 25.1. The number of carbonyl (C=O) groups is 2. The van der Waals surface area contributed by atoms with Gasteiger partial charge in [0.1, 0.15) is 11.3 Å². The average molecular weight is 372 g/mol. The van der Waals surface area contributed by atoms with Gasteiger partial charge < -0.3 is 14.7 Å². The molecule has 0 radical (unpaired) electrons. The van der Waals surface area contributed by atoms with E-state index >= 15 is 0 Å². The van der Waals surface area contributed by atoms with Crippen molar-refractivity contribution in [3.05, 3.63) is 24.3 Å². The molecule has 0 aromatic heterocycles. The monoisotopic (exact) mass is 372 g/mol. The van der Waals surface area contributed by atoms with Gasteiger partial charge in [0.15, 0.2) is 0 Å². The lowest BCUT2D eigenvalue weighted by Gasteiger charge is -2.34. The first-order valence-electron chi connectivity index (χ1n) is 7.58. The van der Waals surface area contributed by atoms with Gasteiger partial charge in [0.25, 0.3) is 0 Å². The zero-order valence-electron chi connectivity index (χ0n) is 14.9. The number of benzene rings is 1. The summed E-state index contributed by atoms with van der Waals surface area (Å²) in [6.45, 7) is 3.10. The lowest BCUT2D eigenvalue weighted by Crippen LogP contribution is -2.59. The summed E-state index contributed by atoms with van der Waals surface area (Å²) in [5.41, 5.74) is -1.96. The molecule has 0 heterocycles. The number of hydrogen-bond acceptors (Lipinski definition) is 5. The number of aliphatic carboxylic acids is 1. The van der Waals surface area contributed by atoms with Crippen LogP contribution in [0.3, 0.4) is 0 Å². The van der Waals surface area contributed by atoms with Crippen LogP contribution in [0.1, 0.15) is 20.3 Å². The van der Waals surface area contributed by atoms with E-state index in [1.165, 1.54) is 50.4 Å². The van der Waals surface area contributed by atoms with Crippen molar-refractivity contribution < 1.29 is 27.9 Å². The Bertz CT molecular complexity index is 727. The highest BCUT2D eigenvalue weighted by Crippen LogP contribution is 2.26. The van der Waals surface area contributed by atoms with Gasteiger partial charge in [-0.25, -0.2) is 8.42 Å². The highest BCUT2D eigenvalue weighted by molar-refractivity contribution is 7.89. The number of carboxylic acid groups (broad SMARTS) is 1. The number of nitrogens with one attached hydrogen (secondary N) is 1. The summed E-state index contributed by atoms with van der Waals surface area (Å²) in [6.07, 6.45) is -0.498. The molecule has 8 nitrogen and oxygen atoms in total. The molecule has 2 N–H and O–H groups in total. The smallest absolute Gasteiger partial charge is 0.325 e. The largest absolute Gasteiger partial charge is 0.497 e. The lowest BCUT2D eigenvalue weighted by molar-refractivity contribution is -0.150. The quantitative estimate of drug-likeness (QED) is 0.702. The molecule has 1 unspecified atom stereocenters. The normalized spacial score (nSPS) is 14.0. The van der Waals surface area contributed by atoms with Crippen LogP contribution in [0.5, 0.6) is 5.75 Å². The van der Waals surface area contributed by atoms with Crippen LogP contribution < -0.4 is 9.46 Å². The number of hydrogen-bond donors (Lipinski definition) is 2. The van der Waals surface area contributed by atoms with E-state index in [1.807, 2.05) is 0 Å². The lowest BCUT2D eigenvalue weighted by atomic mass is 9.84. The Balaban J connectivity index is 3.31. The van der Waals surface area contributed by atoms with Gasteiger partial charge >= 0.3 is 5.97 Å². The molecule has 0 spiro atoms. The number of methoxy groups -OCH3 is 1. The Morgan fingerprint density at radius 2 is 1.76 bits per heavy atom. The molecular weight excluding hydrogens is 348 g/mol. The number of carboxylic acids is 1. The fourth-order valence-corrected chi connectivity index (χ4v) is 3.66. The number of nitrogens with zero attached hydrogens (tertiary/aromatic N) is 1. The van der Waals surface area contributed by atoms with Gasteiger partial charge in [-0.1, -0.05) is 13.8 Å². The highest BCUT2D eigenvalue weighted by Gasteiger charge is 2.47. The molecule has 0 bridgehead atoms. The van der Waals surface area contributed by atoms with E-state index in [0.717, 1.165) is 0 Å². The summed E-state index contributed by atoms with van der Waals surface area (Å²) in [5, 5.41) is 9.70. The Morgan fingerprint density at radius 3 is 2.12 bits per heavy atom. The minimum atomic E-state index is -4.16. The van der Waals surface area contributed by atoms with Crippen LogP contribution in [0.4, 0.5) is 0 Å². The van der Waals surface area contributed by atoms with Gasteiger partial charge in [-0.15, -0.1) is 0 Å². The Labute approximate surface area is 147 Å². The summed E-state index contributed by atoms with van der Waals surface area (Å²) < 4.78 is 32.5. The Hall–Kier alpha value is -2.13. The highest BCUT2D eigenvalue weighted by atomic mass is 32.2. The standard InChI is InChI=1S/C16H24N2O6S/c1-11(2)16(15(20)21,10-14(19)18(3)4)17-25(22,23)13-8-6-12(24-5)7-9-13/h6-9,11,17H,10H2,1-5H3,(H,20,21). The topological polar surface area (TPSA) is 113 Å². The molecule has 0 saturated carbocycles. The summed E-state index contributed by atoms with van der Waals surface area (Å²) in [5.74, 6) is -2.10. The number of amides is 1. The first-order chi connectivity index (χ1) is 11.5. The Morgan fingerprint density at radius 1 is 1.24 bits per heavy atom. The average Bonchev–Trinajstić information content (AvgIpc) is 2.53. The third-order valence-corrected chi connectivity index (χ3v) is 5.51. The van der Waals surface area contributed by atoms with Crippen molar-refractivity contribution in [2.45, 2.75) is 30.7 Å². The first kappa shape index (κ1) is 20.9. The van der Waals surface area contributed by atoms with Crippen molar-refractivity contribution in [1.82, 2.24) is 9.62 Å². The molecule has 1 amide bonds. The number of carbonyl (C=O) groups excluding carboxylic acids is 1. The van der Waals surface area contributed by atoms with E-state index in [0.29, 0.717) is 5.75 Å². The predicted molar refractivity (Wildman–Crippen MR) is 91.8 cm³/mol. The van der Waals surface area contributed by atoms with Crippen LogP contribution in [0.25, 0.3) is 0 Å². The van der Waals surface area contributed by atoms with Gasteiger partial charge in [0.2, 0.25) is 15.9 Å². The maximum Gasteiger partial charge on any atom is 0.325 e. The molecular formula is C16H24N2O6S. The first-order valence-corrected chi connectivity index (χ1v) is 9.06. The number of ether oxygens (including phenoxy) is 1. The van der Waals surface area contributed by atoms with Crippen LogP contribution in [0.15, 0.2) is 29.2 Å². The number of rotatable bonds is 8. The van der Waals surface area contributed by atoms with Gasteiger partial charge in [-0.3, -0.25) is 9.59 Å². The fourth-order valence-electron chi connectivity index (χ4n) is 2.17. The van der Waals surface area contributed by atoms with Crippen molar-refractivity contribution in [3.63, 3.8) is 0 Å². The van der Waals surface area contributed by atoms with Gasteiger partial charge in [0, 0.05) is 14.1 Å². The molecule has 1 aromatic rings. The molecule has 25 heavy (non-hydrogen) atoms. The maximum absolute atomic E-state index is 12.7. The second kappa shape index (κ2) is 7.83. The van der Waals surface area contributed by atoms with Crippen molar-refractivity contribution in [2.75, 3.05) is 21.2 Å². The van der Waals surface area contributed by atoms with Crippen molar-refractivity contribution in [3.8, 4) is 5.75 Å². The minimum Gasteiger partial charge on any atom is -0.497 e. The third-order valence-electron chi connectivity index (χ3n) is 3.98. The molecule has 0 aliphatic rings. The molecule has 0 fully saturated rings. The summed E-state index contributed by atoms with van der Waals surface area (Å²) in [6, 6.07) is 5.53. The van der Waals surface area contributed by atoms with Crippen molar-refractivity contribution in [2.24, 2.45) is 5.92 Å². The van der Waals surface area contributed by atoms with Gasteiger partial charge in [-0.05, 0) is 30.2 Å². The molecule has 140 valence electrons. The van der Waals surface area contributed by atoms with Crippen molar-refractivity contribution in [1.29, 1.82) is 0 Å². The molecule has 9 heteroatoms. The number of sulfonamides is 1. The van der Waals surface area contributed by atoms with Crippen LogP contribution >= 0.6 is 0 Å². The molecule has 0 aliphatic carbocycles. The van der Waals surface area contributed by atoms with E-state index in [9.17, 15) is 23.1 Å². The molecule has 0 aliphatic heterocycles. The minimum absolute atomic E-state index is 0.114. The zero-order chi connectivity index (χ0) is 19.4. The zero-order valence-corrected chi connectivity index (χ0v) is 15.8. The van der Waals surface area contributed by atoms with Gasteiger partial charge in [0.05, 0.1) is 18.4 Å². The van der Waals surface area contributed by atoms with E-state index in [4.69, 9.17) is 4.74 Å². The van der Waals surface area contributed by atoms with Gasteiger partial charge in [-0.2, -0.15) is 4.72 Å². The van der Waals surface area contributed by atoms with E-state index < -0.39 is 39.8 Å². The van der Waals surface area contributed by atoms with E-state index in [2.05, 4.69) is 4.72 Å². The van der Waals surface area contributed by atoms with Crippen LogP contribution in [0, 0.1) is 5.92 Å². The fraction of sp³-hybridized carbons (Fsp3) is 0.500. The van der Waals surface area contributed by atoms with Crippen LogP contribution in [-0.2, 0) is 19.6 Å². The molecule has 1 aromatic carbocycles. The molecule has 1 atom stereocenters. The SMILES string of the molecule is COc1ccc(S(=O)(=O)NC(CC(=O)N(C)C)(C(=O)O)C(C)C)cc1. The molecule has 1 rings (SSSR count). The Kier molecular flexibility index (Phi) is 6.55. The van der Waals surface area contributed by atoms with E-state index in [1.54, 1.807) is 13.8 Å². The second-order valence-corrected chi connectivity index (χ2v) is 7.86. The van der Waals surface area contributed by atoms with Crippen molar-refractivity contribution >= 4 is 21.9 Å². The van der Waals surface area contributed by atoms with Crippen LogP contribution in [0.2, 0.25) is 0 Å².